The van der Waals surface area contributed by atoms with E-state index in [9.17, 15) is 9.59 Å². The van der Waals surface area contributed by atoms with Gasteiger partial charge >= 0.3 is 0 Å². The quantitative estimate of drug-likeness (QED) is 0.550. The van der Waals surface area contributed by atoms with Gasteiger partial charge in [0.2, 0.25) is 0 Å². The molecule has 0 bridgehead atoms. The number of aromatic nitrogens is 1. The Hall–Kier alpha value is -3.05. The molecule has 3 N–H and O–H groups in total. The highest BCUT2D eigenvalue weighted by Gasteiger charge is 2.33. The van der Waals surface area contributed by atoms with Crippen LogP contribution in [0.5, 0.6) is 0 Å². The van der Waals surface area contributed by atoms with Crippen LogP contribution in [0, 0.1) is 0 Å². The topological polar surface area (TPSA) is 77.1 Å². The van der Waals surface area contributed by atoms with E-state index < -0.39 is 11.8 Å². The van der Waals surface area contributed by atoms with Gasteiger partial charge in [-0.25, -0.2) is 0 Å². The van der Waals surface area contributed by atoms with E-state index in [1.54, 1.807) is 36.4 Å². The minimum atomic E-state index is -0.426. The number of imide groups is 1. The number of rotatable bonds is 2. The van der Waals surface area contributed by atoms with E-state index in [-0.39, 0.29) is 0 Å². The number of hydrogen-bond donors (Lipinski definition) is 2. The van der Waals surface area contributed by atoms with Crippen LogP contribution in [0.3, 0.4) is 0 Å². The van der Waals surface area contributed by atoms with Gasteiger partial charge in [-0.1, -0.05) is 23.7 Å². The Morgan fingerprint density at radius 3 is 2.56 bits per heavy atom. The molecule has 124 valence electrons. The van der Waals surface area contributed by atoms with Crippen molar-refractivity contribution in [3.63, 3.8) is 0 Å². The van der Waals surface area contributed by atoms with Crippen molar-refractivity contribution in [1.29, 1.82) is 0 Å². The van der Waals surface area contributed by atoms with Gasteiger partial charge in [0.05, 0.1) is 11.1 Å². The Bertz CT molecular complexity index is 1100. The molecule has 2 amide bonds. The minimum Gasteiger partial charge on any atom is -0.399 e. The fourth-order valence-electron chi connectivity index (χ4n) is 3.25. The van der Waals surface area contributed by atoms with E-state index in [4.69, 9.17) is 17.3 Å². The van der Waals surface area contributed by atoms with Crippen molar-refractivity contribution in [3.05, 3.63) is 64.8 Å². The molecule has 2 aromatic carbocycles. The van der Waals surface area contributed by atoms with Crippen molar-refractivity contribution in [2.75, 3.05) is 5.73 Å². The minimum absolute atomic E-state index is 0.324. The van der Waals surface area contributed by atoms with E-state index in [1.807, 2.05) is 23.9 Å². The summed E-state index contributed by atoms with van der Waals surface area (Å²) < 4.78 is 1.90. The average Bonchev–Trinajstić information content (AvgIpc) is 3.03. The predicted octanol–water partition coefficient (Wildman–Crippen LogP) is 2.98. The van der Waals surface area contributed by atoms with E-state index in [2.05, 4.69) is 5.32 Å². The van der Waals surface area contributed by atoms with Crippen molar-refractivity contribution in [2.45, 2.75) is 0 Å². The summed E-state index contributed by atoms with van der Waals surface area (Å²) in [5.74, 6) is -0.848. The van der Waals surface area contributed by atoms with Crippen molar-refractivity contribution >= 4 is 51.2 Å². The molecule has 1 aliphatic heterocycles. The molecule has 3 aromatic rings. The Balaban J connectivity index is 2.06. The number of carbonyl (C=O) groups excluding carboxylic acids is 2. The summed E-state index contributed by atoms with van der Waals surface area (Å²) in [5, 5.41) is 3.77. The summed E-state index contributed by atoms with van der Waals surface area (Å²) in [6.45, 7) is 0. The molecular formula is C19H14ClN3O2. The molecule has 1 aromatic heterocycles. The van der Waals surface area contributed by atoms with E-state index in [1.165, 1.54) is 0 Å². The standard InChI is InChI=1S/C19H14ClN3O2/c1-23-9-14(13-8-11(20)5-6-15(13)23)17-16(18(24)22-19(17)25)10-3-2-4-12(21)7-10/h2-9H,21H2,1H3,(H,22,24,25). The summed E-state index contributed by atoms with van der Waals surface area (Å²) in [6, 6.07) is 12.4. The van der Waals surface area contributed by atoms with Crippen molar-refractivity contribution < 1.29 is 9.59 Å². The number of benzene rings is 2. The Labute approximate surface area is 148 Å². The first-order valence-electron chi connectivity index (χ1n) is 7.66. The Morgan fingerprint density at radius 2 is 1.80 bits per heavy atom. The third-order valence-corrected chi connectivity index (χ3v) is 4.56. The molecular weight excluding hydrogens is 338 g/mol. The van der Waals surface area contributed by atoms with E-state index in [0.717, 1.165) is 10.9 Å². The van der Waals surface area contributed by atoms with Crippen molar-refractivity contribution in [3.8, 4) is 0 Å². The van der Waals surface area contributed by atoms with Crippen LogP contribution in [-0.4, -0.2) is 16.4 Å². The van der Waals surface area contributed by atoms with Crippen LogP contribution in [0.25, 0.3) is 22.0 Å². The highest BCUT2D eigenvalue weighted by Crippen LogP contribution is 2.36. The number of carbonyl (C=O) groups is 2. The zero-order valence-corrected chi connectivity index (χ0v) is 14.1. The predicted molar refractivity (Wildman–Crippen MR) is 98.7 cm³/mol. The number of nitrogen functional groups attached to an aromatic ring is 1. The van der Waals surface area contributed by atoms with Gasteiger partial charge in [0, 0.05) is 40.4 Å². The van der Waals surface area contributed by atoms with Gasteiger partial charge in [0.1, 0.15) is 0 Å². The summed E-state index contributed by atoms with van der Waals surface area (Å²) in [4.78, 5) is 25.0. The number of nitrogens with one attached hydrogen (secondary N) is 1. The second-order valence-corrected chi connectivity index (χ2v) is 6.41. The van der Waals surface area contributed by atoms with Crippen LogP contribution >= 0.6 is 11.6 Å². The molecule has 0 atom stereocenters. The molecule has 6 heteroatoms. The van der Waals surface area contributed by atoms with Gasteiger partial charge in [-0.05, 0) is 35.9 Å². The summed E-state index contributed by atoms with van der Waals surface area (Å²) in [6.07, 6.45) is 1.83. The molecule has 0 unspecified atom stereocenters. The summed E-state index contributed by atoms with van der Waals surface area (Å²) in [7, 11) is 1.88. The number of amides is 2. The number of anilines is 1. The summed E-state index contributed by atoms with van der Waals surface area (Å²) in [5.41, 5.74) is 9.23. The average molecular weight is 352 g/mol. The number of nitrogens with two attached hydrogens (primary N) is 1. The lowest BCUT2D eigenvalue weighted by molar-refractivity contribution is -0.122. The lowest BCUT2D eigenvalue weighted by Crippen LogP contribution is -2.22. The molecule has 0 saturated heterocycles. The van der Waals surface area contributed by atoms with Gasteiger partial charge in [0.15, 0.2) is 0 Å². The number of hydrogen-bond acceptors (Lipinski definition) is 3. The third-order valence-electron chi connectivity index (χ3n) is 4.33. The van der Waals surface area contributed by atoms with Crippen LogP contribution in [0.1, 0.15) is 11.1 Å². The first kappa shape index (κ1) is 15.5. The monoisotopic (exact) mass is 351 g/mol. The molecule has 5 nitrogen and oxygen atoms in total. The van der Waals surface area contributed by atoms with Crippen molar-refractivity contribution in [1.82, 2.24) is 9.88 Å². The van der Waals surface area contributed by atoms with Gasteiger partial charge in [-0.3, -0.25) is 14.9 Å². The highest BCUT2D eigenvalue weighted by atomic mass is 35.5. The SMILES string of the molecule is Cn1cc(C2=C(c3cccc(N)c3)C(=O)NC2=O)c2cc(Cl)ccc21. The Morgan fingerprint density at radius 1 is 1.04 bits per heavy atom. The zero-order chi connectivity index (χ0) is 17.7. The zero-order valence-electron chi connectivity index (χ0n) is 13.3. The molecule has 25 heavy (non-hydrogen) atoms. The van der Waals surface area contributed by atoms with Crippen LogP contribution in [0.4, 0.5) is 5.69 Å². The fourth-order valence-corrected chi connectivity index (χ4v) is 3.42. The van der Waals surface area contributed by atoms with Gasteiger partial charge in [0.25, 0.3) is 11.8 Å². The fraction of sp³-hybridized carbons (Fsp3) is 0.0526. The normalized spacial score (nSPS) is 14.5. The lowest BCUT2D eigenvalue weighted by atomic mass is 9.96. The van der Waals surface area contributed by atoms with Gasteiger partial charge in [-0.15, -0.1) is 0 Å². The number of aryl methyl sites for hydroxylation is 1. The number of fused-ring (bicyclic) bond motifs is 1. The highest BCUT2D eigenvalue weighted by molar-refractivity contribution is 6.50. The van der Waals surface area contributed by atoms with Crippen LogP contribution in [0.2, 0.25) is 5.02 Å². The van der Waals surface area contributed by atoms with Gasteiger partial charge in [-0.2, -0.15) is 0 Å². The molecule has 0 aliphatic carbocycles. The van der Waals surface area contributed by atoms with Crippen molar-refractivity contribution in [2.24, 2.45) is 7.05 Å². The van der Waals surface area contributed by atoms with Crippen LogP contribution < -0.4 is 11.1 Å². The maximum absolute atomic E-state index is 12.5. The molecule has 0 radical (unpaired) electrons. The third kappa shape index (κ3) is 2.40. The smallest absolute Gasteiger partial charge is 0.259 e. The van der Waals surface area contributed by atoms with Crippen LogP contribution in [-0.2, 0) is 16.6 Å². The molecule has 0 spiro atoms. The van der Waals surface area contributed by atoms with E-state index in [0.29, 0.717) is 33.0 Å². The van der Waals surface area contributed by atoms with Gasteiger partial charge < -0.3 is 10.3 Å². The molecule has 1 aliphatic rings. The van der Waals surface area contributed by atoms with Crippen LogP contribution in [0.15, 0.2) is 48.7 Å². The number of nitrogens with zero attached hydrogens (tertiary/aromatic N) is 1. The number of halogens is 1. The summed E-state index contributed by atoms with van der Waals surface area (Å²) >= 11 is 6.14. The first-order valence-corrected chi connectivity index (χ1v) is 8.04. The molecule has 2 heterocycles. The molecule has 0 saturated carbocycles. The second-order valence-electron chi connectivity index (χ2n) is 5.97. The maximum atomic E-state index is 12.5. The molecule has 0 fully saturated rings. The lowest BCUT2D eigenvalue weighted by Gasteiger charge is -2.05. The van der Waals surface area contributed by atoms with E-state index >= 15 is 0 Å². The largest absolute Gasteiger partial charge is 0.399 e. The molecule has 4 rings (SSSR count). The maximum Gasteiger partial charge on any atom is 0.259 e. The Kier molecular flexibility index (Phi) is 3.40. The second kappa shape index (κ2) is 5.50. The first-order chi connectivity index (χ1) is 12.0.